The van der Waals surface area contributed by atoms with Gasteiger partial charge in [-0.25, -0.2) is 4.98 Å². The van der Waals surface area contributed by atoms with E-state index < -0.39 is 0 Å². The number of aliphatic hydroxyl groups excluding tert-OH is 1. The largest absolute Gasteiger partial charge is 0.396 e. The SMILES string of the molecule is CN(C)c1cc(C(=O)NCCCC(C)(C)CO)ccn1. The molecule has 0 saturated carbocycles. The second kappa shape index (κ2) is 7.24. The topological polar surface area (TPSA) is 65.5 Å². The summed E-state index contributed by atoms with van der Waals surface area (Å²) in [7, 11) is 3.78. The molecular weight excluding hydrogens is 254 g/mol. The van der Waals surface area contributed by atoms with E-state index in [0.29, 0.717) is 12.1 Å². The van der Waals surface area contributed by atoms with Gasteiger partial charge in [-0.05, 0) is 30.4 Å². The molecule has 0 aromatic carbocycles. The number of rotatable bonds is 7. The number of carbonyl (C=O) groups is 1. The highest BCUT2D eigenvalue weighted by Crippen LogP contribution is 2.20. The molecule has 0 saturated heterocycles. The molecule has 5 nitrogen and oxygen atoms in total. The summed E-state index contributed by atoms with van der Waals surface area (Å²) in [6.07, 6.45) is 3.37. The molecular formula is C15H25N3O2. The normalized spacial score (nSPS) is 11.2. The Bertz CT molecular complexity index is 444. The number of hydrogen-bond donors (Lipinski definition) is 2. The van der Waals surface area contributed by atoms with Gasteiger partial charge < -0.3 is 15.3 Å². The molecule has 1 aromatic rings. The van der Waals surface area contributed by atoms with E-state index >= 15 is 0 Å². The second-order valence-electron chi connectivity index (χ2n) is 5.98. The van der Waals surface area contributed by atoms with Crippen molar-refractivity contribution in [1.29, 1.82) is 0 Å². The molecule has 20 heavy (non-hydrogen) atoms. The minimum Gasteiger partial charge on any atom is -0.396 e. The van der Waals surface area contributed by atoms with Gasteiger partial charge >= 0.3 is 0 Å². The average molecular weight is 279 g/mol. The van der Waals surface area contributed by atoms with Gasteiger partial charge in [0.15, 0.2) is 0 Å². The third kappa shape index (κ3) is 5.17. The van der Waals surface area contributed by atoms with Crippen LogP contribution in [-0.4, -0.2) is 43.2 Å². The maximum absolute atomic E-state index is 12.0. The molecule has 0 spiro atoms. The Balaban J connectivity index is 2.45. The summed E-state index contributed by atoms with van der Waals surface area (Å²) < 4.78 is 0. The predicted molar refractivity (Wildman–Crippen MR) is 81.0 cm³/mol. The highest BCUT2D eigenvalue weighted by atomic mass is 16.3. The number of aliphatic hydroxyl groups is 1. The standard InChI is InChI=1S/C15H25N3O2/c1-15(2,11-19)7-5-8-17-14(20)12-6-9-16-13(10-12)18(3)4/h6,9-10,19H,5,7-8,11H2,1-4H3,(H,17,20). The van der Waals surface area contributed by atoms with Crippen LogP contribution in [0.1, 0.15) is 37.0 Å². The molecule has 0 atom stereocenters. The van der Waals surface area contributed by atoms with Crippen molar-refractivity contribution in [2.45, 2.75) is 26.7 Å². The first-order valence-electron chi connectivity index (χ1n) is 6.88. The predicted octanol–water partition coefficient (Wildman–Crippen LogP) is 1.68. The average Bonchev–Trinajstić information content (AvgIpc) is 2.43. The third-order valence-electron chi connectivity index (χ3n) is 3.21. The molecule has 1 amide bonds. The Morgan fingerprint density at radius 1 is 1.45 bits per heavy atom. The van der Waals surface area contributed by atoms with Gasteiger partial charge in [0.25, 0.3) is 5.91 Å². The van der Waals surface area contributed by atoms with Gasteiger partial charge in [-0.3, -0.25) is 4.79 Å². The number of amides is 1. The van der Waals surface area contributed by atoms with E-state index in [0.717, 1.165) is 18.7 Å². The lowest BCUT2D eigenvalue weighted by molar-refractivity contribution is 0.0948. The monoisotopic (exact) mass is 279 g/mol. The fraction of sp³-hybridized carbons (Fsp3) is 0.600. The molecule has 1 rings (SSSR count). The zero-order valence-corrected chi connectivity index (χ0v) is 12.8. The number of nitrogens with zero attached hydrogens (tertiary/aromatic N) is 2. The number of aromatic nitrogens is 1. The van der Waals surface area contributed by atoms with Crippen molar-refractivity contribution in [3.8, 4) is 0 Å². The number of anilines is 1. The van der Waals surface area contributed by atoms with Crippen LogP contribution in [0.4, 0.5) is 5.82 Å². The molecule has 0 aliphatic carbocycles. The number of pyridine rings is 1. The van der Waals surface area contributed by atoms with Crippen LogP contribution in [-0.2, 0) is 0 Å². The Morgan fingerprint density at radius 3 is 2.75 bits per heavy atom. The fourth-order valence-electron chi connectivity index (χ4n) is 1.75. The minimum absolute atomic E-state index is 0.0838. The van der Waals surface area contributed by atoms with Gasteiger partial charge in [-0.1, -0.05) is 13.8 Å². The van der Waals surface area contributed by atoms with Gasteiger partial charge in [0.05, 0.1) is 0 Å². The van der Waals surface area contributed by atoms with Crippen molar-refractivity contribution in [1.82, 2.24) is 10.3 Å². The van der Waals surface area contributed by atoms with Gasteiger partial charge in [0.2, 0.25) is 0 Å². The highest BCUT2D eigenvalue weighted by Gasteiger charge is 2.15. The third-order valence-corrected chi connectivity index (χ3v) is 3.21. The summed E-state index contributed by atoms with van der Waals surface area (Å²) in [5.74, 6) is 0.677. The lowest BCUT2D eigenvalue weighted by atomic mass is 9.89. The Kier molecular flexibility index (Phi) is 5.95. The van der Waals surface area contributed by atoms with Crippen LogP contribution in [0.25, 0.3) is 0 Å². The smallest absolute Gasteiger partial charge is 0.251 e. The summed E-state index contributed by atoms with van der Waals surface area (Å²) in [6, 6.07) is 3.48. The van der Waals surface area contributed by atoms with Gasteiger partial charge in [0.1, 0.15) is 5.82 Å². The van der Waals surface area contributed by atoms with Crippen molar-refractivity contribution in [3.63, 3.8) is 0 Å². The van der Waals surface area contributed by atoms with E-state index in [4.69, 9.17) is 5.11 Å². The Hall–Kier alpha value is -1.62. The van der Waals surface area contributed by atoms with E-state index in [1.165, 1.54) is 0 Å². The van der Waals surface area contributed by atoms with Gasteiger partial charge in [-0.15, -0.1) is 0 Å². The van der Waals surface area contributed by atoms with Crippen LogP contribution >= 0.6 is 0 Å². The molecule has 1 aromatic heterocycles. The molecule has 0 radical (unpaired) electrons. The summed E-state index contributed by atoms with van der Waals surface area (Å²) in [5, 5.41) is 12.1. The van der Waals surface area contributed by atoms with E-state index in [2.05, 4.69) is 10.3 Å². The number of nitrogens with one attached hydrogen (secondary N) is 1. The second-order valence-corrected chi connectivity index (χ2v) is 5.98. The maximum atomic E-state index is 12.0. The van der Waals surface area contributed by atoms with Crippen molar-refractivity contribution < 1.29 is 9.90 Å². The maximum Gasteiger partial charge on any atom is 0.251 e. The van der Waals surface area contributed by atoms with Crippen LogP contribution in [0.3, 0.4) is 0 Å². The van der Waals surface area contributed by atoms with Crippen LogP contribution < -0.4 is 10.2 Å². The molecule has 0 unspecified atom stereocenters. The first-order valence-corrected chi connectivity index (χ1v) is 6.88. The van der Waals surface area contributed by atoms with E-state index in [1.54, 1.807) is 18.3 Å². The molecule has 0 aliphatic heterocycles. The quantitative estimate of drug-likeness (QED) is 0.745. The van der Waals surface area contributed by atoms with Crippen LogP contribution in [0.5, 0.6) is 0 Å². The number of carbonyl (C=O) groups excluding carboxylic acids is 1. The molecule has 2 N–H and O–H groups in total. The van der Waals surface area contributed by atoms with E-state index in [-0.39, 0.29) is 17.9 Å². The van der Waals surface area contributed by atoms with Crippen LogP contribution in [0.15, 0.2) is 18.3 Å². The van der Waals surface area contributed by atoms with Crippen molar-refractivity contribution >= 4 is 11.7 Å². The minimum atomic E-state index is -0.0858. The van der Waals surface area contributed by atoms with Crippen LogP contribution in [0.2, 0.25) is 0 Å². The number of hydrogen-bond acceptors (Lipinski definition) is 4. The Morgan fingerprint density at radius 2 is 2.15 bits per heavy atom. The fourth-order valence-corrected chi connectivity index (χ4v) is 1.75. The summed E-state index contributed by atoms with van der Waals surface area (Å²) in [4.78, 5) is 18.0. The van der Waals surface area contributed by atoms with Crippen molar-refractivity contribution in [2.75, 3.05) is 32.1 Å². The van der Waals surface area contributed by atoms with Crippen LogP contribution in [0, 0.1) is 5.41 Å². The zero-order valence-electron chi connectivity index (χ0n) is 12.8. The first kappa shape index (κ1) is 16.4. The Labute approximate surface area is 121 Å². The molecule has 0 fully saturated rings. The summed E-state index contributed by atoms with van der Waals surface area (Å²) >= 11 is 0. The van der Waals surface area contributed by atoms with E-state index in [1.807, 2.05) is 32.8 Å². The van der Waals surface area contributed by atoms with E-state index in [9.17, 15) is 4.79 Å². The molecule has 1 heterocycles. The molecule has 0 aliphatic rings. The van der Waals surface area contributed by atoms with Gasteiger partial charge in [0, 0.05) is 39.0 Å². The van der Waals surface area contributed by atoms with Crippen molar-refractivity contribution in [3.05, 3.63) is 23.9 Å². The molecule has 5 heteroatoms. The highest BCUT2D eigenvalue weighted by molar-refractivity contribution is 5.94. The first-order chi connectivity index (χ1) is 9.35. The van der Waals surface area contributed by atoms with Crippen molar-refractivity contribution in [2.24, 2.45) is 5.41 Å². The summed E-state index contributed by atoms with van der Waals surface area (Å²) in [5.41, 5.74) is 0.532. The van der Waals surface area contributed by atoms with Gasteiger partial charge in [-0.2, -0.15) is 0 Å². The molecule has 0 bridgehead atoms. The lowest BCUT2D eigenvalue weighted by Crippen LogP contribution is -2.26. The zero-order chi connectivity index (χ0) is 15.2. The summed E-state index contributed by atoms with van der Waals surface area (Å²) in [6.45, 7) is 4.81. The molecule has 112 valence electrons. The lowest BCUT2D eigenvalue weighted by Gasteiger charge is -2.21.